The molecule has 2 aliphatic carbocycles. The number of carboxylic acid groups (broad SMARTS) is 1. The summed E-state index contributed by atoms with van der Waals surface area (Å²) in [6.45, 7) is 5.63. The van der Waals surface area contributed by atoms with E-state index in [1.807, 2.05) is 20.8 Å². The van der Waals surface area contributed by atoms with Crippen molar-refractivity contribution in [2.75, 3.05) is 6.54 Å². The van der Waals surface area contributed by atoms with Gasteiger partial charge in [0.05, 0.1) is 45.9 Å². The number of carbonyl (C=O) groups is 3. The van der Waals surface area contributed by atoms with Crippen LogP contribution in [0.3, 0.4) is 0 Å². The molecule has 40 heavy (non-hydrogen) atoms. The second kappa shape index (κ2) is 11.3. The molecule has 1 N–H and O–H groups in total. The highest BCUT2D eigenvalue weighted by atomic mass is 35.5. The molecule has 0 unspecified atom stereocenters. The van der Waals surface area contributed by atoms with Gasteiger partial charge < -0.3 is 10.0 Å². The second-order valence-corrected chi connectivity index (χ2v) is 12.5. The first-order chi connectivity index (χ1) is 18.6. The van der Waals surface area contributed by atoms with Crippen LogP contribution < -0.4 is 0 Å². The van der Waals surface area contributed by atoms with Crippen LogP contribution in [-0.2, 0) is 11.0 Å². The molecule has 2 heterocycles. The van der Waals surface area contributed by atoms with Gasteiger partial charge in [-0.1, -0.05) is 44.0 Å². The van der Waals surface area contributed by atoms with Crippen LogP contribution in [0.1, 0.15) is 91.7 Å². The lowest BCUT2D eigenvalue weighted by Gasteiger charge is -2.48. The molecule has 4 rings (SSSR count). The number of nitrogens with zero attached hydrogens (tertiary/aromatic N) is 4. The quantitative estimate of drug-likeness (QED) is 0.359. The highest BCUT2D eigenvalue weighted by molar-refractivity contribution is 6.39. The molecular weight excluding hydrogens is 572 g/mol. The zero-order valence-electron chi connectivity index (χ0n) is 22.3. The standard InChI is InChI=1S/C27H31Cl2F3N4O4/c1-26(2,3)15-8-17(9-15)35(13-21(37)22-19(28)11-33-12-20(22)29)24(38)18-10-34-36(23(18)27(30,31)32)16-6-4-14(5-7-16)25(39)40/h10-12,14-17H,4-9,13H2,1-3H3,(H,39,40)/t14?,15-,16?,17-. The third kappa shape index (κ3) is 6.15. The normalized spacial score (nSPS) is 23.4. The molecule has 2 aromatic rings. The summed E-state index contributed by atoms with van der Waals surface area (Å²) in [6, 6.07) is -1.16. The van der Waals surface area contributed by atoms with E-state index >= 15 is 0 Å². The lowest BCUT2D eigenvalue weighted by Crippen LogP contribution is -2.52. The summed E-state index contributed by atoms with van der Waals surface area (Å²) in [5, 5.41) is 13.2. The Morgan fingerprint density at radius 1 is 1.02 bits per heavy atom. The van der Waals surface area contributed by atoms with Crippen molar-refractivity contribution in [2.24, 2.45) is 17.3 Å². The molecule has 0 spiro atoms. The molecule has 2 saturated carbocycles. The van der Waals surface area contributed by atoms with Gasteiger partial charge in [0.2, 0.25) is 0 Å². The summed E-state index contributed by atoms with van der Waals surface area (Å²) in [6.07, 6.45) is 0.302. The number of aromatic nitrogens is 3. The van der Waals surface area contributed by atoms with E-state index < -0.39 is 59.6 Å². The van der Waals surface area contributed by atoms with Crippen molar-refractivity contribution in [1.29, 1.82) is 0 Å². The number of Topliss-reactive ketones (excluding diaryl/α,β-unsaturated/α-hetero) is 1. The maximum atomic E-state index is 14.4. The van der Waals surface area contributed by atoms with Crippen LogP contribution in [0.25, 0.3) is 0 Å². The number of rotatable bonds is 7. The van der Waals surface area contributed by atoms with Crippen LogP contribution in [0.2, 0.25) is 10.0 Å². The molecule has 0 saturated heterocycles. The van der Waals surface area contributed by atoms with E-state index in [0.717, 1.165) is 10.9 Å². The van der Waals surface area contributed by atoms with Gasteiger partial charge in [-0.2, -0.15) is 18.3 Å². The van der Waals surface area contributed by atoms with Gasteiger partial charge in [0.15, 0.2) is 11.5 Å². The first kappa shape index (κ1) is 30.3. The zero-order chi connectivity index (χ0) is 29.6. The summed E-state index contributed by atoms with van der Waals surface area (Å²) in [5.41, 5.74) is -1.97. The fraction of sp³-hybridized carbons (Fsp3) is 0.593. The van der Waals surface area contributed by atoms with Gasteiger partial charge in [-0.25, -0.2) is 0 Å². The number of alkyl halides is 3. The van der Waals surface area contributed by atoms with E-state index in [1.165, 1.54) is 17.3 Å². The Kier molecular flexibility index (Phi) is 8.57. The SMILES string of the molecule is CC(C)(C)[C@H]1C[C@H](N(CC(=O)c2c(Cl)cncc2Cl)C(=O)c2cnn(C3CCC(C(=O)O)CC3)c2C(F)(F)F)C1. The van der Waals surface area contributed by atoms with Crippen molar-refractivity contribution in [3.8, 4) is 0 Å². The van der Waals surface area contributed by atoms with E-state index in [9.17, 15) is 32.7 Å². The topological polar surface area (TPSA) is 105 Å². The summed E-state index contributed by atoms with van der Waals surface area (Å²) >= 11 is 12.3. The predicted molar refractivity (Wildman–Crippen MR) is 141 cm³/mol. The third-order valence-corrected chi connectivity index (χ3v) is 8.75. The number of carbonyl (C=O) groups excluding carboxylic acids is 2. The summed E-state index contributed by atoms with van der Waals surface area (Å²) in [7, 11) is 0. The Morgan fingerprint density at radius 2 is 1.60 bits per heavy atom. The number of carboxylic acids is 1. The van der Waals surface area contributed by atoms with Gasteiger partial charge in [0.1, 0.15) is 0 Å². The molecule has 2 aromatic heterocycles. The Labute approximate surface area is 239 Å². The van der Waals surface area contributed by atoms with Crippen molar-refractivity contribution in [1.82, 2.24) is 19.7 Å². The number of amides is 1. The minimum absolute atomic E-state index is 0.0214. The average Bonchev–Trinajstić information content (AvgIpc) is 3.27. The second-order valence-electron chi connectivity index (χ2n) is 11.7. The van der Waals surface area contributed by atoms with Crippen LogP contribution in [0, 0.1) is 17.3 Å². The van der Waals surface area contributed by atoms with E-state index in [2.05, 4.69) is 10.1 Å². The smallest absolute Gasteiger partial charge is 0.433 e. The number of hydrogen-bond acceptors (Lipinski definition) is 5. The van der Waals surface area contributed by atoms with Gasteiger partial charge >= 0.3 is 12.1 Å². The van der Waals surface area contributed by atoms with Crippen molar-refractivity contribution in [3.05, 3.63) is 45.5 Å². The van der Waals surface area contributed by atoms with Crippen LogP contribution >= 0.6 is 23.2 Å². The number of halogens is 5. The van der Waals surface area contributed by atoms with E-state index in [0.29, 0.717) is 12.8 Å². The predicted octanol–water partition coefficient (Wildman–Crippen LogP) is 6.57. The van der Waals surface area contributed by atoms with E-state index in [1.54, 1.807) is 0 Å². The van der Waals surface area contributed by atoms with Gasteiger partial charge in [-0.3, -0.25) is 24.0 Å². The molecule has 2 aliphatic rings. The van der Waals surface area contributed by atoms with Gasteiger partial charge in [-0.05, 0) is 49.9 Å². The first-order valence-corrected chi connectivity index (χ1v) is 13.9. The summed E-state index contributed by atoms with van der Waals surface area (Å²) < 4.78 is 44.1. The number of ketones is 1. The number of aliphatic carboxylic acids is 1. The van der Waals surface area contributed by atoms with E-state index in [-0.39, 0.29) is 52.6 Å². The summed E-state index contributed by atoms with van der Waals surface area (Å²) in [4.78, 5) is 43.4. The third-order valence-electron chi connectivity index (χ3n) is 8.17. The average molecular weight is 603 g/mol. The molecule has 1 amide bonds. The van der Waals surface area contributed by atoms with Crippen LogP contribution in [0.5, 0.6) is 0 Å². The molecule has 0 aliphatic heterocycles. The Morgan fingerprint density at radius 3 is 2.10 bits per heavy atom. The largest absolute Gasteiger partial charge is 0.481 e. The highest BCUT2D eigenvalue weighted by Gasteiger charge is 2.47. The number of pyridine rings is 1. The molecule has 0 radical (unpaired) electrons. The fourth-order valence-corrected chi connectivity index (χ4v) is 6.20. The Balaban J connectivity index is 1.67. The maximum Gasteiger partial charge on any atom is 0.433 e. The molecule has 13 heteroatoms. The molecule has 2 fully saturated rings. The van der Waals surface area contributed by atoms with Gasteiger partial charge in [0, 0.05) is 18.4 Å². The van der Waals surface area contributed by atoms with E-state index in [4.69, 9.17) is 23.2 Å². The van der Waals surface area contributed by atoms with Crippen molar-refractivity contribution >= 4 is 40.9 Å². The molecule has 0 aromatic carbocycles. The first-order valence-electron chi connectivity index (χ1n) is 13.1. The van der Waals surface area contributed by atoms with Crippen LogP contribution in [-0.4, -0.2) is 55.0 Å². The molecule has 8 nitrogen and oxygen atoms in total. The molecule has 0 atom stereocenters. The minimum Gasteiger partial charge on any atom is -0.481 e. The minimum atomic E-state index is -4.91. The summed E-state index contributed by atoms with van der Waals surface area (Å²) in [5.74, 6) is -2.95. The van der Waals surface area contributed by atoms with Crippen LogP contribution in [0.15, 0.2) is 18.6 Å². The van der Waals surface area contributed by atoms with Crippen molar-refractivity contribution in [2.45, 2.75) is 77.6 Å². The Bertz CT molecular complexity index is 1270. The Hall–Kier alpha value is -2.66. The van der Waals surface area contributed by atoms with Crippen molar-refractivity contribution in [3.63, 3.8) is 0 Å². The monoisotopic (exact) mass is 602 g/mol. The van der Waals surface area contributed by atoms with Gasteiger partial charge in [0.25, 0.3) is 5.91 Å². The van der Waals surface area contributed by atoms with Crippen LogP contribution in [0.4, 0.5) is 13.2 Å². The molecule has 218 valence electrons. The molecular formula is C27H31Cl2F3N4O4. The lowest BCUT2D eigenvalue weighted by molar-refractivity contribution is -0.147. The number of hydrogen-bond donors (Lipinski definition) is 1. The maximum absolute atomic E-state index is 14.4. The van der Waals surface area contributed by atoms with Crippen molar-refractivity contribution < 1.29 is 32.7 Å². The lowest BCUT2D eigenvalue weighted by atomic mass is 9.65. The zero-order valence-corrected chi connectivity index (χ0v) is 23.9. The molecule has 0 bridgehead atoms. The highest BCUT2D eigenvalue weighted by Crippen LogP contribution is 2.45. The fourth-order valence-electron chi connectivity index (χ4n) is 5.63. The van der Waals surface area contributed by atoms with Gasteiger partial charge in [-0.15, -0.1) is 0 Å².